The quantitative estimate of drug-likeness (QED) is 0.366. The molecule has 0 fully saturated rings. The molecule has 0 bridgehead atoms. The summed E-state index contributed by atoms with van der Waals surface area (Å²) in [4.78, 5) is 26.0. The molecule has 2 aliphatic rings. The van der Waals surface area contributed by atoms with Crippen LogP contribution in [0.1, 0.15) is 80.1 Å². The summed E-state index contributed by atoms with van der Waals surface area (Å²) in [6.07, 6.45) is 7.32. The maximum atomic E-state index is 14.7. The standard InChI is InChI=1S/C28H41F2NO3/c1-7-15-28(29,30)23-10-11-24(20(5)9-8-19(23)4)31-25-12-13-26(32)22(21(6)27(25)33)17-34-16-14-18(2)3/h8,10-11,18,20,25,31H,7,9,12-17H2,1-6H3/b19-8?,23-10?,24-11+. The first kappa shape index (κ1) is 28.2. The van der Waals surface area contributed by atoms with E-state index in [2.05, 4.69) is 19.2 Å². The maximum absolute atomic E-state index is 14.7. The number of alkyl halides is 2. The SMILES string of the molecule is CCCC(F)(F)C1=C/C=C(/NC2CCC(=O)C(COCCC(C)C)=C(C)C2=O)C(C)CC=C1C. The van der Waals surface area contributed by atoms with Gasteiger partial charge >= 0.3 is 0 Å². The molecule has 0 saturated carbocycles. The number of ether oxygens (including phenoxy) is 1. The molecule has 4 nitrogen and oxygen atoms in total. The van der Waals surface area contributed by atoms with Gasteiger partial charge in [-0.15, -0.1) is 0 Å². The van der Waals surface area contributed by atoms with Crippen molar-refractivity contribution in [2.75, 3.05) is 13.2 Å². The van der Waals surface area contributed by atoms with Crippen molar-refractivity contribution in [1.82, 2.24) is 5.32 Å². The van der Waals surface area contributed by atoms with Gasteiger partial charge in [0.2, 0.25) is 0 Å². The summed E-state index contributed by atoms with van der Waals surface area (Å²) in [6, 6.07) is -0.566. The van der Waals surface area contributed by atoms with Crippen molar-refractivity contribution in [1.29, 1.82) is 0 Å². The Morgan fingerprint density at radius 1 is 1.21 bits per heavy atom. The van der Waals surface area contributed by atoms with E-state index in [0.717, 1.165) is 12.1 Å². The molecule has 0 heterocycles. The average Bonchev–Trinajstić information content (AvgIpc) is 2.85. The van der Waals surface area contributed by atoms with Crippen LogP contribution in [0.4, 0.5) is 8.78 Å². The van der Waals surface area contributed by atoms with E-state index in [-0.39, 0.29) is 42.5 Å². The van der Waals surface area contributed by atoms with Gasteiger partial charge in [-0.2, -0.15) is 0 Å². The highest BCUT2D eigenvalue weighted by molar-refractivity contribution is 6.10. The number of carbonyl (C=O) groups is 2. The van der Waals surface area contributed by atoms with E-state index in [1.807, 2.05) is 13.0 Å². The van der Waals surface area contributed by atoms with E-state index >= 15 is 0 Å². The summed E-state index contributed by atoms with van der Waals surface area (Å²) in [6.45, 7) is 12.1. The lowest BCUT2D eigenvalue weighted by Gasteiger charge is -2.26. The molecular formula is C28H41F2NO3. The van der Waals surface area contributed by atoms with Gasteiger partial charge in [0.15, 0.2) is 11.6 Å². The Labute approximate surface area is 203 Å². The van der Waals surface area contributed by atoms with Crippen molar-refractivity contribution in [2.45, 2.75) is 92.0 Å². The summed E-state index contributed by atoms with van der Waals surface area (Å²) in [7, 11) is 0. The summed E-state index contributed by atoms with van der Waals surface area (Å²) < 4.78 is 35.1. The summed E-state index contributed by atoms with van der Waals surface area (Å²) in [5, 5.41) is 3.30. The third-order valence-corrected chi connectivity index (χ3v) is 6.68. The molecule has 34 heavy (non-hydrogen) atoms. The predicted octanol–water partition coefficient (Wildman–Crippen LogP) is 6.49. The van der Waals surface area contributed by atoms with Crippen LogP contribution in [0.2, 0.25) is 0 Å². The van der Waals surface area contributed by atoms with Crippen molar-refractivity contribution in [3.05, 3.63) is 46.2 Å². The molecule has 2 aliphatic carbocycles. The van der Waals surface area contributed by atoms with Crippen LogP contribution in [-0.2, 0) is 14.3 Å². The molecule has 0 aromatic carbocycles. The molecule has 0 spiro atoms. The molecule has 0 amide bonds. The molecule has 0 aliphatic heterocycles. The number of hydrogen-bond donors (Lipinski definition) is 1. The van der Waals surface area contributed by atoms with Gasteiger partial charge in [-0.1, -0.05) is 46.3 Å². The lowest BCUT2D eigenvalue weighted by Crippen LogP contribution is -2.38. The minimum Gasteiger partial charge on any atom is -0.378 e. The molecule has 6 heteroatoms. The monoisotopic (exact) mass is 477 g/mol. The first-order valence-corrected chi connectivity index (χ1v) is 12.6. The molecule has 0 aromatic heterocycles. The zero-order chi connectivity index (χ0) is 25.5. The van der Waals surface area contributed by atoms with E-state index in [4.69, 9.17) is 4.74 Å². The second kappa shape index (κ2) is 12.6. The third-order valence-electron chi connectivity index (χ3n) is 6.68. The van der Waals surface area contributed by atoms with Gasteiger partial charge in [-0.05, 0) is 56.6 Å². The number of ketones is 2. The lowest BCUT2D eigenvalue weighted by atomic mass is 9.90. The van der Waals surface area contributed by atoms with E-state index in [1.54, 1.807) is 26.8 Å². The van der Waals surface area contributed by atoms with Gasteiger partial charge in [0.1, 0.15) is 0 Å². The fourth-order valence-corrected chi connectivity index (χ4v) is 4.31. The second-order valence-electron chi connectivity index (χ2n) is 10.0. The highest BCUT2D eigenvalue weighted by atomic mass is 19.3. The van der Waals surface area contributed by atoms with Crippen LogP contribution in [-0.4, -0.2) is 36.7 Å². The van der Waals surface area contributed by atoms with Crippen molar-refractivity contribution in [3.63, 3.8) is 0 Å². The zero-order valence-corrected chi connectivity index (χ0v) is 21.6. The van der Waals surface area contributed by atoms with E-state index in [0.29, 0.717) is 48.5 Å². The molecule has 2 atom stereocenters. The number of allylic oxidation sites excluding steroid dienone is 6. The van der Waals surface area contributed by atoms with Crippen LogP contribution < -0.4 is 5.32 Å². The molecule has 0 aromatic rings. The number of rotatable bonds is 10. The highest BCUT2D eigenvalue weighted by Gasteiger charge is 2.34. The molecule has 190 valence electrons. The fourth-order valence-electron chi connectivity index (χ4n) is 4.31. The third kappa shape index (κ3) is 7.46. The van der Waals surface area contributed by atoms with E-state index < -0.39 is 12.0 Å². The minimum absolute atomic E-state index is 0.0276. The van der Waals surface area contributed by atoms with E-state index in [9.17, 15) is 18.4 Å². The summed E-state index contributed by atoms with van der Waals surface area (Å²) in [5.74, 6) is -2.55. The Balaban J connectivity index is 2.24. The first-order chi connectivity index (χ1) is 16.0. The number of nitrogens with one attached hydrogen (secondary N) is 1. The Morgan fingerprint density at radius 2 is 1.91 bits per heavy atom. The predicted molar refractivity (Wildman–Crippen MR) is 133 cm³/mol. The van der Waals surface area contributed by atoms with Gasteiger partial charge in [0.05, 0.1) is 12.6 Å². The largest absolute Gasteiger partial charge is 0.378 e. The van der Waals surface area contributed by atoms with Gasteiger partial charge in [-0.25, -0.2) is 8.78 Å². The van der Waals surface area contributed by atoms with Crippen molar-refractivity contribution in [2.24, 2.45) is 11.8 Å². The van der Waals surface area contributed by atoms with Crippen LogP contribution >= 0.6 is 0 Å². The smallest absolute Gasteiger partial charge is 0.273 e. The minimum atomic E-state index is -2.90. The van der Waals surface area contributed by atoms with Crippen LogP contribution in [0.25, 0.3) is 0 Å². The lowest BCUT2D eigenvalue weighted by molar-refractivity contribution is -0.117. The molecule has 1 N–H and O–H groups in total. The molecule has 0 saturated heterocycles. The highest BCUT2D eigenvalue weighted by Crippen LogP contribution is 2.36. The number of halogens is 2. The summed E-state index contributed by atoms with van der Waals surface area (Å²) >= 11 is 0. The van der Waals surface area contributed by atoms with Gasteiger partial charge in [-0.3, -0.25) is 9.59 Å². The molecule has 2 rings (SSSR count). The molecule has 0 radical (unpaired) electrons. The van der Waals surface area contributed by atoms with Gasteiger partial charge in [0.25, 0.3) is 5.92 Å². The van der Waals surface area contributed by atoms with Crippen LogP contribution in [0.3, 0.4) is 0 Å². The Morgan fingerprint density at radius 3 is 2.56 bits per heavy atom. The Kier molecular flexibility index (Phi) is 10.4. The van der Waals surface area contributed by atoms with Crippen LogP contribution in [0, 0.1) is 11.8 Å². The van der Waals surface area contributed by atoms with Crippen molar-refractivity contribution >= 4 is 11.6 Å². The van der Waals surface area contributed by atoms with Gasteiger partial charge < -0.3 is 10.1 Å². The summed E-state index contributed by atoms with van der Waals surface area (Å²) in [5.41, 5.74) is 2.25. The van der Waals surface area contributed by atoms with Crippen LogP contribution in [0.15, 0.2) is 46.2 Å². The Bertz CT molecular complexity index is 880. The maximum Gasteiger partial charge on any atom is 0.273 e. The Hall–Kier alpha value is -2.08. The second-order valence-corrected chi connectivity index (χ2v) is 10.0. The molecular weight excluding hydrogens is 436 g/mol. The number of Topliss-reactive ketones (excluding diaryl/α,β-unsaturated/α-hetero) is 2. The zero-order valence-electron chi connectivity index (χ0n) is 21.6. The average molecular weight is 478 g/mol. The fraction of sp³-hybridized carbons (Fsp3) is 0.643. The normalized spacial score (nSPS) is 24.2. The number of hydrogen-bond acceptors (Lipinski definition) is 4. The van der Waals surface area contributed by atoms with Crippen molar-refractivity contribution in [3.8, 4) is 0 Å². The topological polar surface area (TPSA) is 55.4 Å². The number of carbonyl (C=O) groups excluding carboxylic acids is 2. The van der Waals surface area contributed by atoms with Gasteiger partial charge in [0, 0.05) is 41.9 Å². The van der Waals surface area contributed by atoms with Crippen molar-refractivity contribution < 1.29 is 23.1 Å². The van der Waals surface area contributed by atoms with Crippen LogP contribution in [0.5, 0.6) is 0 Å². The first-order valence-electron chi connectivity index (χ1n) is 12.6. The van der Waals surface area contributed by atoms with E-state index in [1.165, 1.54) is 6.08 Å². The molecule has 2 unspecified atom stereocenters.